The van der Waals surface area contributed by atoms with E-state index in [1.54, 1.807) is 0 Å². The van der Waals surface area contributed by atoms with Crippen LogP contribution in [0.5, 0.6) is 0 Å². The van der Waals surface area contributed by atoms with E-state index in [-0.39, 0.29) is 50.7 Å². The second-order valence-corrected chi connectivity index (χ2v) is 5.85. The van der Waals surface area contributed by atoms with E-state index in [4.69, 9.17) is 0 Å². The smallest absolute Gasteiger partial charge is 1.00 e. The van der Waals surface area contributed by atoms with Crippen LogP contribution < -0.4 is 24.8 Å². The van der Waals surface area contributed by atoms with Gasteiger partial charge < -0.3 is 24.8 Å². The largest absolute Gasteiger partial charge is 4.00 e. The standard InChI is InChI=1S/2C9H13.2ClH.Hf/c2*1-7(2)9-5-4-8(3)6-9;;;/h2*5,7H,4H2,1-3H3;2*1H;/q2*-1;;;+4/p-2. The van der Waals surface area contributed by atoms with Gasteiger partial charge in [-0.15, -0.1) is 0 Å². The summed E-state index contributed by atoms with van der Waals surface area (Å²) in [7, 11) is 0. The van der Waals surface area contributed by atoms with Gasteiger partial charge in [0.2, 0.25) is 0 Å². The Labute approximate surface area is 162 Å². The Morgan fingerprint density at radius 3 is 1.14 bits per heavy atom. The van der Waals surface area contributed by atoms with Crippen LogP contribution in [-0.2, 0) is 25.8 Å². The van der Waals surface area contributed by atoms with Crippen LogP contribution in [0.4, 0.5) is 0 Å². The van der Waals surface area contributed by atoms with E-state index in [2.05, 4.69) is 65.8 Å². The minimum atomic E-state index is 0. The van der Waals surface area contributed by atoms with Gasteiger partial charge >= 0.3 is 25.8 Å². The van der Waals surface area contributed by atoms with Crippen molar-refractivity contribution >= 4 is 0 Å². The van der Waals surface area contributed by atoms with Crippen molar-refractivity contribution in [3.8, 4) is 0 Å². The molecule has 0 aromatic heterocycles. The van der Waals surface area contributed by atoms with E-state index in [9.17, 15) is 0 Å². The molecule has 0 spiro atoms. The van der Waals surface area contributed by atoms with Gasteiger partial charge in [0.25, 0.3) is 0 Å². The monoisotopic (exact) mass is 492 g/mol. The molecule has 0 bridgehead atoms. The predicted molar refractivity (Wildman–Crippen MR) is 79.9 cm³/mol. The molecule has 0 saturated carbocycles. The van der Waals surface area contributed by atoms with Crippen molar-refractivity contribution in [3.63, 3.8) is 0 Å². The first-order valence-corrected chi connectivity index (χ1v) is 6.99. The van der Waals surface area contributed by atoms with Crippen LogP contribution in [0.2, 0.25) is 0 Å². The van der Waals surface area contributed by atoms with E-state index >= 15 is 0 Å². The molecule has 0 aromatic rings. The first-order valence-electron chi connectivity index (χ1n) is 6.99. The average Bonchev–Trinajstić information content (AvgIpc) is 2.88. The van der Waals surface area contributed by atoms with E-state index in [0.717, 1.165) is 12.8 Å². The van der Waals surface area contributed by atoms with Crippen molar-refractivity contribution in [2.45, 2.75) is 54.4 Å². The van der Waals surface area contributed by atoms with Crippen LogP contribution in [-0.4, -0.2) is 0 Å². The van der Waals surface area contributed by atoms with Crippen LogP contribution in [0.15, 0.2) is 34.4 Å². The fourth-order valence-electron chi connectivity index (χ4n) is 1.98. The van der Waals surface area contributed by atoms with Crippen molar-refractivity contribution in [1.29, 1.82) is 0 Å². The van der Waals surface area contributed by atoms with Crippen LogP contribution in [0.25, 0.3) is 0 Å². The van der Waals surface area contributed by atoms with E-state index in [1.807, 2.05) is 0 Å². The van der Waals surface area contributed by atoms with Crippen molar-refractivity contribution in [2.75, 3.05) is 0 Å². The number of halogens is 2. The van der Waals surface area contributed by atoms with Crippen LogP contribution in [0, 0.1) is 24.0 Å². The Bertz CT molecular complexity index is 373. The molecule has 0 aromatic carbocycles. The maximum Gasteiger partial charge on any atom is 4.00 e. The summed E-state index contributed by atoms with van der Waals surface area (Å²) >= 11 is 0. The SMILES string of the molecule is CC1=[C-]C(C(C)C)=CC1.CC1=[C-]C(C(C)C)=CC1.[Cl-].[Cl-].[Hf+4]. The number of allylic oxidation sites excluding steroid dienone is 8. The van der Waals surface area contributed by atoms with Gasteiger partial charge in [-0.3, -0.25) is 0 Å². The molecule has 0 N–H and O–H groups in total. The summed E-state index contributed by atoms with van der Waals surface area (Å²) in [5.74, 6) is 1.31. The molecule has 3 heteroatoms. The van der Waals surface area contributed by atoms with Gasteiger partial charge in [-0.05, 0) is 0 Å². The molecule has 116 valence electrons. The molecule has 2 rings (SSSR count). The molecule has 2 aliphatic rings. The number of hydrogen-bond acceptors (Lipinski definition) is 0. The number of hydrogen-bond donors (Lipinski definition) is 0. The Hall–Kier alpha value is 0.410. The predicted octanol–water partition coefficient (Wildman–Crippen LogP) is -0.551. The Balaban J connectivity index is -0.000000270. The normalized spacial score (nSPS) is 15.6. The molecule has 0 amide bonds. The van der Waals surface area contributed by atoms with Crippen molar-refractivity contribution in [1.82, 2.24) is 0 Å². The van der Waals surface area contributed by atoms with Crippen molar-refractivity contribution < 1.29 is 50.7 Å². The fourth-order valence-corrected chi connectivity index (χ4v) is 1.98. The van der Waals surface area contributed by atoms with Crippen molar-refractivity contribution in [2.24, 2.45) is 11.8 Å². The third-order valence-corrected chi connectivity index (χ3v) is 3.22. The summed E-state index contributed by atoms with van der Waals surface area (Å²) < 4.78 is 0. The number of rotatable bonds is 2. The molecule has 2 aliphatic carbocycles. The Morgan fingerprint density at radius 1 is 0.762 bits per heavy atom. The van der Waals surface area contributed by atoms with Crippen LogP contribution in [0.3, 0.4) is 0 Å². The first kappa shape index (κ1) is 26.3. The van der Waals surface area contributed by atoms with E-state index < -0.39 is 0 Å². The zero-order chi connectivity index (χ0) is 13.7. The summed E-state index contributed by atoms with van der Waals surface area (Å²) in [5, 5.41) is 0. The molecule has 0 atom stereocenters. The third-order valence-electron chi connectivity index (χ3n) is 3.22. The maximum absolute atomic E-state index is 3.33. The van der Waals surface area contributed by atoms with Gasteiger partial charge in [0.1, 0.15) is 0 Å². The van der Waals surface area contributed by atoms with Gasteiger partial charge in [0, 0.05) is 0 Å². The minimum Gasteiger partial charge on any atom is -1.00 e. The molecule has 0 radical (unpaired) electrons. The van der Waals surface area contributed by atoms with Crippen LogP contribution >= 0.6 is 0 Å². The first-order chi connectivity index (χ1) is 8.40. The van der Waals surface area contributed by atoms with Gasteiger partial charge in [-0.1, -0.05) is 66.2 Å². The van der Waals surface area contributed by atoms with Gasteiger partial charge in [-0.2, -0.15) is 11.1 Å². The Morgan fingerprint density at radius 2 is 1.05 bits per heavy atom. The topological polar surface area (TPSA) is 0 Å². The summed E-state index contributed by atoms with van der Waals surface area (Å²) in [5.41, 5.74) is 5.51. The molecule has 0 saturated heterocycles. The van der Waals surface area contributed by atoms with Gasteiger partial charge in [0.05, 0.1) is 0 Å². The van der Waals surface area contributed by atoms with Gasteiger partial charge in [0.15, 0.2) is 0 Å². The second-order valence-electron chi connectivity index (χ2n) is 5.85. The summed E-state index contributed by atoms with van der Waals surface area (Å²) in [6.07, 6.45) is 13.4. The van der Waals surface area contributed by atoms with Gasteiger partial charge in [-0.25, -0.2) is 35.5 Å². The van der Waals surface area contributed by atoms with Crippen LogP contribution in [0.1, 0.15) is 54.4 Å². The van der Waals surface area contributed by atoms with E-state index in [1.165, 1.54) is 22.3 Å². The average molecular weight is 492 g/mol. The fraction of sp³-hybridized carbons (Fsp3) is 0.556. The molecule has 0 heterocycles. The molecule has 0 unspecified atom stereocenters. The molecular formula is C18H26Cl2Hf. The van der Waals surface area contributed by atoms with Crippen molar-refractivity contribution in [3.05, 3.63) is 46.6 Å². The Kier molecular flexibility index (Phi) is 16.2. The third kappa shape index (κ3) is 9.92. The molecule has 0 fully saturated rings. The molecule has 0 aliphatic heterocycles. The zero-order valence-electron chi connectivity index (χ0n) is 14.0. The quantitative estimate of drug-likeness (QED) is 0.359. The summed E-state index contributed by atoms with van der Waals surface area (Å²) in [4.78, 5) is 0. The zero-order valence-corrected chi connectivity index (χ0v) is 19.1. The molecular weight excluding hydrogens is 466 g/mol. The van der Waals surface area contributed by atoms with E-state index in [0.29, 0.717) is 11.8 Å². The molecule has 0 nitrogen and oxygen atoms in total. The minimum absolute atomic E-state index is 0. The summed E-state index contributed by atoms with van der Waals surface area (Å²) in [6, 6.07) is 0. The second kappa shape index (κ2) is 12.9. The maximum atomic E-state index is 3.33. The molecule has 21 heavy (non-hydrogen) atoms. The summed E-state index contributed by atoms with van der Waals surface area (Å²) in [6.45, 7) is 13.1.